The average molecular weight is 410 g/mol. The molecule has 0 radical (unpaired) electrons. The van der Waals surface area contributed by atoms with E-state index in [0.717, 1.165) is 36.8 Å². The van der Waals surface area contributed by atoms with Gasteiger partial charge in [-0.2, -0.15) is 11.8 Å². The molecule has 0 atom stereocenters. The number of carbonyl (C=O) groups excluding carboxylic acids is 1. The van der Waals surface area contributed by atoms with Gasteiger partial charge in [0.25, 0.3) is 5.91 Å². The maximum Gasteiger partial charge on any atom is 0.275 e. The Bertz CT molecular complexity index is 920. The molecule has 28 heavy (non-hydrogen) atoms. The number of hydrogen-bond donors (Lipinski definition) is 1. The summed E-state index contributed by atoms with van der Waals surface area (Å²) in [5, 5.41) is 5.78. The van der Waals surface area contributed by atoms with Crippen molar-refractivity contribution in [2.24, 2.45) is 0 Å². The minimum absolute atomic E-state index is 0.151. The molecule has 0 spiro atoms. The molecule has 0 aliphatic carbocycles. The number of carbonyl (C=O) groups is 1. The maximum atomic E-state index is 12.6. The Balaban J connectivity index is 1.37. The molecule has 0 saturated carbocycles. The lowest BCUT2D eigenvalue weighted by Gasteiger charge is -2.26. The molecule has 0 unspecified atom stereocenters. The number of hydrogen-bond acceptors (Lipinski definition) is 5. The van der Waals surface area contributed by atoms with E-state index < -0.39 is 0 Å². The summed E-state index contributed by atoms with van der Waals surface area (Å²) in [7, 11) is 0. The fourth-order valence-electron chi connectivity index (χ4n) is 3.23. The summed E-state index contributed by atoms with van der Waals surface area (Å²) in [6.07, 6.45) is 0.752. The third-order valence-corrected chi connectivity index (χ3v) is 6.47. The summed E-state index contributed by atoms with van der Waals surface area (Å²) >= 11 is 3.55. The van der Waals surface area contributed by atoms with E-state index in [1.54, 1.807) is 0 Å². The quantitative estimate of drug-likeness (QED) is 0.649. The fraction of sp³-hybridized carbons (Fsp3) is 0.273. The number of thiazole rings is 1. The number of aromatic nitrogens is 1. The number of rotatable bonds is 6. The zero-order valence-corrected chi connectivity index (χ0v) is 17.3. The smallest absolute Gasteiger partial charge is 0.275 e. The number of anilines is 1. The molecule has 2 heterocycles. The first-order valence-electron chi connectivity index (χ1n) is 9.45. The fourth-order valence-corrected chi connectivity index (χ4v) is 5.01. The predicted molar refractivity (Wildman–Crippen MR) is 118 cm³/mol. The second-order valence-electron chi connectivity index (χ2n) is 6.83. The molecule has 1 saturated heterocycles. The lowest BCUT2D eigenvalue weighted by molar-refractivity contribution is 0.102. The summed E-state index contributed by atoms with van der Waals surface area (Å²) in [6.45, 7) is 3.19. The normalized spacial score (nSPS) is 14.7. The average Bonchev–Trinajstić information content (AvgIpc) is 3.18. The van der Waals surface area contributed by atoms with E-state index in [0.29, 0.717) is 5.69 Å². The van der Waals surface area contributed by atoms with E-state index in [-0.39, 0.29) is 5.91 Å². The zero-order chi connectivity index (χ0) is 19.2. The van der Waals surface area contributed by atoms with Gasteiger partial charge in [0.2, 0.25) is 0 Å². The van der Waals surface area contributed by atoms with Gasteiger partial charge < -0.3 is 5.32 Å². The SMILES string of the molecule is O=C(Nc1cccc(CN2CCSCC2)c1)c1csc(Cc2ccccc2)n1. The molecule has 0 bridgehead atoms. The molecule has 1 fully saturated rings. The van der Waals surface area contributed by atoms with Crippen LogP contribution in [0.1, 0.15) is 26.6 Å². The number of nitrogens with one attached hydrogen (secondary N) is 1. The van der Waals surface area contributed by atoms with Crippen LogP contribution in [0.2, 0.25) is 0 Å². The van der Waals surface area contributed by atoms with Crippen molar-refractivity contribution in [2.45, 2.75) is 13.0 Å². The van der Waals surface area contributed by atoms with Crippen molar-refractivity contribution in [1.29, 1.82) is 0 Å². The highest BCUT2D eigenvalue weighted by atomic mass is 32.2. The Hall–Kier alpha value is -2.15. The van der Waals surface area contributed by atoms with Crippen LogP contribution in [-0.2, 0) is 13.0 Å². The van der Waals surface area contributed by atoms with Crippen molar-refractivity contribution >= 4 is 34.7 Å². The van der Waals surface area contributed by atoms with Crippen molar-refractivity contribution in [1.82, 2.24) is 9.88 Å². The van der Waals surface area contributed by atoms with Crippen LogP contribution in [0.15, 0.2) is 60.0 Å². The summed E-state index contributed by atoms with van der Waals surface area (Å²) < 4.78 is 0. The van der Waals surface area contributed by atoms with Gasteiger partial charge in [-0.15, -0.1) is 11.3 Å². The third kappa shape index (κ3) is 5.22. The molecule has 4 nitrogen and oxygen atoms in total. The number of benzene rings is 2. The van der Waals surface area contributed by atoms with Gasteiger partial charge in [-0.1, -0.05) is 42.5 Å². The van der Waals surface area contributed by atoms with Crippen molar-refractivity contribution in [3.8, 4) is 0 Å². The second-order valence-corrected chi connectivity index (χ2v) is 9.00. The van der Waals surface area contributed by atoms with Gasteiger partial charge in [0.15, 0.2) is 0 Å². The van der Waals surface area contributed by atoms with Crippen molar-refractivity contribution < 1.29 is 4.79 Å². The van der Waals surface area contributed by atoms with Crippen molar-refractivity contribution in [2.75, 3.05) is 29.9 Å². The number of thioether (sulfide) groups is 1. The molecule has 6 heteroatoms. The Morgan fingerprint density at radius 2 is 1.82 bits per heavy atom. The highest BCUT2D eigenvalue weighted by molar-refractivity contribution is 7.99. The first kappa shape index (κ1) is 19.2. The van der Waals surface area contributed by atoms with Gasteiger partial charge >= 0.3 is 0 Å². The van der Waals surface area contributed by atoms with Gasteiger partial charge in [0.05, 0.1) is 5.01 Å². The van der Waals surface area contributed by atoms with Crippen LogP contribution in [-0.4, -0.2) is 40.4 Å². The van der Waals surface area contributed by atoms with E-state index in [2.05, 4.69) is 39.5 Å². The lowest BCUT2D eigenvalue weighted by Crippen LogP contribution is -2.31. The van der Waals surface area contributed by atoms with Gasteiger partial charge in [-0.3, -0.25) is 9.69 Å². The minimum atomic E-state index is -0.151. The van der Waals surface area contributed by atoms with Gasteiger partial charge in [0, 0.05) is 48.6 Å². The molecule has 2 aromatic carbocycles. The van der Waals surface area contributed by atoms with Crippen LogP contribution in [0.5, 0.6) is 0 Å². The molecule has 144 valence electrons. The molecule has 1 amide bonds. The summed E-state index contributed by atoms with van der Waals surface area (Å²) in [5.41, 5.74) is 3.74. The van der Waals surface area contributed by atoms with E-state index in [1.165, 1.54) is 34.0 Å². The summed E-state index contributed by atoms with van der Waals surface area (Å²) in [6, 6.07) is 18.3. The Morgan fingerprint density at radius 3 is 2.64 bits per heavy atom. The van der Waals surface area contributed by atoms with Crippen LogP contribution in [0.4, 0.5) is 5.69 Å². The topological polar surface area (TPSA) is 45.2 Å². The number of amides is 1. The maximum absolute atomic E-state index is 12.6. The van der Waals surface area contributed by atoms with Crippen LogP contribution in [0.25, 0.3) is 0 Å². The van der Waals surface area contributed by atoms with Crippen LogP contribution in [0.3, 0.4) is 0 Å². The molecule has 1 aliphatic heterocycles. The Labute approximate surface area is 174 Å². The van der Waals surface area contributed by atoms with Crippen molar-refractivity contribution in [3.63, 3.8) is 0 Å². The van der Waals surface area contributed by atoms with Gasteiger partial charge in [-0.25, -0.2) is 4.98 Å². The summed E-state index contributed by atoms with van der Waals surface area (Å²) in [5.74, 6) is 2.25. The third-order valence-electron chi connectivity index (χ3n) is 4.68. The van der Waals surface area contributed by atoms with Crippen molar-refractivity contribution in [3.05, 3.63) is 81.8 Å². The van der Waals surface area contributed by atoms with Gasteiger partial charge in [0.1, 0.15) is 5.69 Å². The molecule has 1 N–H and O–H groups in total. The number of nitrogens with zero attached hydrogens (tertiary/aromatic N) is 2. The van der Waals surface area contributed by atoms with Gasteiger partial charge in [-0.05, 0) is 23.3 Å². The summed E-state index contributed by atoms with van der Waals surface area (Å²) in [4.78, 5) is 19.6. The van der Waals surface area contributed by atoms with Crippen LogP contribution < -0.4 is 5.32 Å². The zero-order valence-electron chi connectivity index (χ0n) is 15.6. The largest absolute Gasteiger partial charge is 0.321 e. The highest BCUT2D eigenvalue weighted by Crippen LogP contribution is 2.18. The molecular formula is C22H23N3OS2. The minimum Gasteiger partial charge on any atom is -0.321 e. The van der Waals surface area contributed by atoms with Crippen LogP contribution >= 0.6 is 23.1 Å². The monoisotopic (exact) mass is 409 g/mol. The van der Waals surface area contributed by atoms with E-state index in [9.17, 15) is 4.79 Å². The molecular weight excluding hydrogens is 386 g/mol. The second kappa shape index (κ2) is 9.37. The Morgan fingerprint density at radius 1 is 1.04 bits per heavy atom. The first-order valence-corrected chi connectivity index (χ1v) is 11.5. The molecule has 1 aromatic heterocycles. The van der Waals surface area contributed by atoms with E-state index >= 15 is 0 Å². The first-order chi connectivity index (χ1) is 13.8. The standard InChI is InChI=1S/C22H23N3OS2/c26-22(20-16-28-21(24-20)14-17-5-2-1-3-6-17)23-19-8-4-7-18(13-19)15-25-9-11-27-12-10-25/h1-8,13,16H,9-12,14-15H2,(H,23,26). The Kier molecular flexibility index (Phi) is 6.41. The highest BCUT2D eigenvalue weighted by Gasteiger charge is 2.13. The van der Waals surface area contributed by atoms with Crippen LogP contribution in [0, 0.1) is 0 Å². The predicted octanol–water partition coefficient (Wildman–Crippen LogP) is 4.54. The molecule has 4 rings (SSSR count). The molecule has 3 aromatic rings. The molecule has 1 aliphatic rings. The lowest BCUT2D eigenvalue weighted by atomic mass is 10.2. The van der Waals surface area contributed by atoms with E-state index in [4.69, 9.17) is 0 Å². The van der Waals surface area contributed by atoms with E-state index in [1.807, 2.05) is 47.5 Å².